The Morgan fingerprint density at radius 1 is 1.22 bits per heavy atom. The van der Waals surface area contributed by atoms with Crippen LogP contribution in [0.2, 0.25) is 0 Å². The van der Waals surface area contributed by atoms with E-state index in [9.17, 15) is 13.2 Å². The van der Waals surface area contributed by atoms with Gasteiger partial charge in [0.1, 0.15) is 0 Å². The van der Waals surface area contributed by atoms with Gasteiger partial charge >= 0.3 is 0 Å². The molecule has 1 aromatic heterocycles. The fraction of sp³-hybridized carbons (Fsp3) is 0.312. The number of carbonyl (C=O) groups is 1. The molecule has 0 spiro atoms. The van der Waals surface area contributed by atoms with Gasteiger partial charge in [0.05, 0.1) is 9.77 Å². The summed E-state index contributed by atoms with van der Waals surface area (Å²) in [5.41, 5.74) is 3.07. The topological polar surface area (TPSA) is 75.3 Å². The molecule has 7 heteroatoms. The Kier molecular flexibility index (Phi) is 4.41. The fourth-order valence-corrected chi connectivity index (χ4v) is 4.92. The number of fused-ring (bicyclic) bond motifs is 1. The molecular formula is C16H18N2O3S2. The van der Waals surface area contributed by atoms with Gasteiger partial charge in [0.25, 0.3) is 15.9 Å². The minimum atomic E-state index is -3.68. The molecular weight excluding hydrogens is 332 g/mol. The number of anilines is 1. The SMILES string of the molecule is CCNC(=O)c1cc(S(=O)(=O)Nc2ccc3c(c2)CCC3)cs1. The highest BCUT2D eigenvalue weighted by Gasteiger charge is 2.20. The van der Waals surface area contributed by atoms with Crippen LogP contribution in [0.1, 0.15) is 34.1 Å². The van der Waals surface area contributed by atoms with Crippen LogP contribution in [0.5, 0.6) is 0 Å². The van der Waals surface area contributed by atoms with Gasteiger partial charge in [-0.3, -0.25) is 9.52 Å². The highest BCUT2D eigenvalue weighted by Crippen LogP contribution is 2.27. The van der Waals surface area contributed by atoms with Gasteiger partial charge in [-0.05, 0) is 55.5 Å². The van der Waals surface area contributed by atoms with E-state index in [1.54, 1.807) is 6.07 Å². The third-order valence-electron chi connectivity index (χ3n) is 3.80. The summed E-state index contributed by atoms with van der Waals surface area (Å²) < 4.78 is 27.5. The van der Waals surface area contributed by atoms with Crippen LogP contribution < -0.4 is 10.0 Å². The summed E-state index contributed by atoms with van der Waals surface area (Å²) in [6, 6.07) is 7.08. The van der Waals surface area contributed by atoms with Gasteiger partial charge in [-0.2, -0.15) is 0 Å². The molecule has 2 N–H and O–H groups in total. The van der Waals surface area contributed by atoms with Crippen LogP contribution in [0, 0.1) is 0 Å². The van der Waals surface area contributed by atoms with Crippen LogP contribution in [-0.2, 0) is 22.9 Å². The lowest BCUT2D eigenvalue weighted by molar-refractivity contribution is 0.0959. The van der Waals surface area contributed by atoms with E-state index in [1.165, 1.54) is 22.6 Å². The summed E-state index contributed by atoms with van der Waals surface area (Å²) in [6.07, 6.45) is 3.17. The number of thiophene rings is 1. The van der Waals surface area contributed by atoms with Gasteiger partial charge in [-0.15, -0.1) is 11.3 Å². The van der Waals surface area contributed by atoms with Crippen LogP contribution >= 0.6 is 11.3 Å². The van der Waals surface area contributed by atoms with Crippen molar-refractivity contribution in [2.75, 3.05) is 11.3 Å². The van der Waals surface area contributed by atoms with E-state index in [1.807, 2.05) is 19.1 Å². The molecule has 0 bridgehead atoms. The van der Waals surface area contributed by atoms with Gasteiger partial charge in [-0.25, -0.2) is 8.42 Å². The maximum absolute atomic E-state index is 12.5. The van der Waals surface area contributed by atoms with Crippen molar-refractivity contribution in [2.45, 2.75) is 31.1 Å². The van der Waals surface area contributed by atoms with E-state index >= 15 is 0 Å². The van der Waals surface area contributed by atoms with Crippen LogP contribution in [0.4, 0.5) is 5.69 Å². The van der Waals surface area contributed by atoms with Crippen molar-refractivity contribution in [1.82, 2.24) is 5.32 Å². The minimum absolute atomic E-state index is 0.115. The molecule has 1 heterocycles. The number of amides is 1. The summed E-state index contributed by atoms with van der Waals surface area (Å²) in [7, 11) is -3.68. The lowest BCUT2D eigenvalue weighted by atomic mass is 10.1. The normalized spacial score (nSPS) is 13.6. The number of nitrogens with one attached hydrogen (secondary N) is 2. The van der Waals surface area contributed by atoms with Crippen molar-refractivity contribution in [1.29, 1.82) is 0 Å². The van der Waals surface area contributed by atoms with Crippen molar-refractivity contribution in [3.63, 3.8) is 0 Å². The first-order valence-electron chi connectivity index (χ1n) is 7.51. The first-order valence-corrected chi connectivity index (χ1v) is 9.87. The summed E-state index contributed by atoms with van der Waals surface area (Å²) in [5.74, 6) is -0.253. The van der Waals surface area contributed by atoms with Crippen LogP contribution in [-0.4, -0.2) is 20.9 Å². The van der Waals surface area contributed by atoms with Crippen molar-refractivity contribution < 1.29 is 13.2 Å². The molecule has 0 radical (unpaired) electrons. The summed E-state index contributed by atoms with van der Waals surface area (Å²) >= 11 is 1.12. The van der Waals surface area contributed by atoms with E-state index in [0.717, 1.165) is 30.6 Å². The molecule has 0 aliphatic heterocycles. The molecule has 23 heavy (non-hydrogen) atoms. The second kappa shape index (κ2) is 6.33. The van der Waals surface area contributed by atoms with Gasteiger partial charge in [0.15, 0.2) is 0 Å². The molecule has 1 amide bonds. The lowest BCUT2D eigenvalue weighted by Gasteiger charge is -2.08. The second-order valence-corrected chi connectivity index (χ2v) is 8.04. The molecule has 0 fully saturated rings. The Morgan fingerprint density at radius 3 is 2.78 bits per heavy atom. The number of benzene rings is 1. The van der Waals surface area contributed by atoms with Crippen molar-refractivity contribution in [3.05, 3.63) is 45.6 Å². The zero-order valence-corrected chi connectivity index (χ0v) is 14.4. The molecule has 2 aromatic rings. The Labute approximate surface area is 139 Å². The first kappa shape index (κ1) is 16.0. The highest BCUT2D eigenvalue weighted by atomic mass is 32.2. The number of aryl methyl sites for hydroxylation is 2. The van der Waals surface area contributed by atoms with E-state index < -0.39 is 10.0 Å². The molecule has 1 aromatic carbocycles. The summed E-state index contributed by atoms with van der Waals surface area (Å²) in [6.45, 7) is 2.32. The molecule has 1 aliphatic rings. The Balaban J connectivity index is 1.80. The lowest BCUT2D eigenvalue weighted by Crippen LogP contribution is -2.21. The van der Waals surface area contributed by atoms with Crippen LogP contribution in [0.15, 0.2) is 34.5 Å². The molecule has 3 rings (SSSR count). The molecule has 0 saturated heterocycles. The predicted molar refractivity (Wildman–Crippen MR) is 91.6 cm³/mol. The van der Waals surface area contributed by atoms with E-state index in [0.29, 0.717) is 17.1 Å². The predicted octanol–water partition coefficient (Wildman–Crippen LogP) is 2.79. The monoisotopic (exact) mass is 350 g/mol. The smallest absolute Gasteiger partial charge is 0.262 e. The standard InChI is InChI=1S/C16H18N2O3S2/c1-2-17-16(19)15-9-14(10-22-15)23(20,21)18-13-7-6-11-4-3-5-12(11)8-13/h6-10,18H,2-5H2,1H3,(H,17,19). The largest absolute Gasteiger partial charge is 0.352 e. The molecule has 5 nitrogen and oxygen atoms in total. The maximum Gasteiger partial charge on any atom is 0.262 e. The average molecular weight is 350 g/mol. The van der Waals surface area contributed by atoms with Crippen LogP contribution in [0.3, 0.4) is 0 Å². The van der Waals surface area contributed by atoms with Crippen LogP contribution in [0.25, 0.3) is 0 Å². The number of rotatable bonds is 5. The molecule has 122 valence electrons. The van der Waals surface area contributed by atoms with Crippen molar-refractivity contribution in [3.8, 4) is 0 Å². The highest BCUT2D eigenvalue weighted by molar-refractivity contribution is 7.92. The van der Waals surface area contributed by atoms with Gasteiger partial charge < -0.3 is 5.32 Å². The zero-order chi connectivity index (χ0) is 16.4. The van der Waals surface area contributed by atoms with E-state index in [2.05, 4.69) is 10.0 Å². The summed E-state index contributed by atoms with van der Waals surface area (Å²) in [5, 5.41) is 4.15. The van der Waals surface area contributed by atoms with Crippen molar-refractivity contribution >= 4 is 33.0 Å². The first-order chi connectivity index (χ1) is 11.0. The number of hydrogen-bond acceptors (Lipinski definition) is 4. The maximum atomic E-state index is 12.5. The second-order valence-electron chi connectivity index (χ2n) is 5.45. The third-order valence-corrected chi connectivity index (χ3v) is 6.24. The van der Waals surface area contributed by atoms with E-state index in [4.69, 9.17) is 0 Å². The third kappa shape index (κ3) is 3.40. The van der Waals surface area contributed by atoms with Crippen molar-refractivity contribution in [2.24, 2.45) is 0 Å². The number of hydrogen-bond donors (Lipinski definition) is 2. The molecule has 0 saturated carbocycles. The fourth-order valence-electron chi connectivity index (χ4n) is 2.68. The Hall–Kier alpha value is -1.86. The molecule has 0 atom stereocenters. The summed E-state index contributed by atoms with van der Waals surface area (Å²) in [4.78, 5) is 12.3. The quantitative estimate of drug-likeness (QED) is 0.871. The number of sulfonamides is 1. The van der Waals surface area contributed by atoms with E-state index in [-0.39, 0.29) is 10.8 Å². The Morgan fingerprint density at radius 2 is 2.00 bits per heavy atom. The van der Waals surface area contributed by atoms with Gasteiger partial charge in [0.2, 0.25) is 0 Å². The van der Waals surface area contributed by atoms with Gasteiger partial charge in [0, 0.05) is 17.6 Å². The minimum Gasteiger partial charge on any atom is -0.352 e. The average Bonchev–Trinajstić information content (AvgIpc) is 3.16. The molecule has 1 aliphatic carbocycles. The Bertz CT molecular complexity index is 841. The van der Waals surface area contributed by atoms with Gasteiger partial charge in [-0.1, -0.05) is 6.07 Å². The molecule has 0 unspecified atom stereocenters. The number of carbonyl (C=O) groups excluding carboxylic acids is 1. The zero-order valence-electron chi connectivity index (χ0n) is 12.8.